The van der Waals surface area contributed by atoms with Crippen molar-refractivity contribution >= 4 is 10.8 Å². The van der Waals surface area contributed by atoms with Gasteiger partial charge in [0.2, 0.25) is 0 Å². The van der Waals surface area contributed by atoms with Gasteiger partial charge in [0.05, 0.1) is 0 Å². The lowest BCUT2D eigenvalue weighted by molar-refractivity contribution is 0.253. The summed E-state index contributed by atoms with van der Waals surface area (Å²) in [6, 6.07) is 23.2. The van der Waals surface area contributed by atoms with E-state index in [1.807, 2.05) is 0 Å². The van der Waals surface area contributed by atoms with Crippen LogP contribution in [0.25, 0.3) is 10.8 Å². The molecule has 1 heterocycles. The average molecular weight is 317 g/mol. The van der Waals surface area contributed by atoms with Crippen LogP contribution < -0.4 is 4.74 Å². The first-order valence-corrected chi connectivity index (χ1v) is 8.74. The molecule has 2 nitrogen and oxygen atoms in total. The second-order valence-corrected chi connectivity index (χ2v) is 6.69. The molecule has 0 N–H and O–H groups in total. The largest absolute Gasteiger partial charge is 0.456 e. The number of benzene rings is 3. The lowest BCUT2D eigenvalue weighted by Gasteiger charge is -2.30. The molecule has 1 fully saturated rings. The number of fused-ring (bicyclic) bond motifs is 1. The van der Waals surface area contributed by atoms with Crippen LogP contribution in [-0.4, -0.2) is 25.0 Å². The Balaban J connectivity index is 1.67. The summed E-state index contributed by atoms with van der Waals surface area (Å²) in [5, 5.41) is 2.38. The maximum atomic E-state index is 6.39. The smallest absolute Gasteiger partial charge is 0.135 e. The molecule has 3 aromatic carbocycles. The highest BCUT2D eigenvalue weighted by Crippen LogP contribution is 2.37. The van der Waals surface area contributed by atoms with Gasteiger partial charge in [-0.3, -0.25) is 0 Å². The molecular formula is C22H23NO. The van der Waals surface area contributed by atoms with Gasteiger partial charge in [-0.1, -0.05) is 54.6 Å². The normalized spacial score (nSPS) is 16.4. The van der Waals surface area contributed by atoms with Crippen molar-refractivity contribution in [1.82, 2.24) is 4.90 Å². The standard InChI is InChI=1S/C22H23NO/c1-23-15-13-18(14-16-23)20-10-4-5-11-21(20)24-22-12-6-8-17-7-2-3-9-19(17)22/h2-12,18H,13-16H2,1H3. The number of piperidine rings is 1. The van der Waals surface area contributed by atoms with Gasteiger partial charge in [-0.2, -0.15) is 0 Å². The van der Waals surface area contributed by atoms with E-state index in [0.717, 1.165) is 30.0 Å². The molecule has 3 aromatic rings. The zero-order valence-electron chi connectivity index (χ0n) is 14.1. The Morgan fingerprint density at radius 3 is 2.33 bits per heavy atom. The lowest BCUT2D eigenvalue weighted by Crippen LogP contribution is -2.29. The van der Waals surface area contributed by atoms with Crippen molar-refractivity contribution in [3.05, 3.63) is 72.3 Å². The summed E-state index contributed by atoms with van der Waals surface area (Å²) in [6.45, 7) is 2.32. The number of nitrogens with zero attached hydrogens (tertiary/aromatic N) is 1. The summed E-state index contributed by atoms with van der Waals surface area (Å²) in [4.78, 5) is 2.41. The maximum absolute atomic E-state index is 6.39. The fraction of sp³-hybridized carbons (Fsp3) is 0.273. The molecule has 0 aromatic heterocycles. The second kappa shape index (κ2) is 6.66. The third kappa shape index (κ3) is 3.02. The Bertz CT molecular complexity index is 829. The zero-order valence-corrected chi connectivity index (χ0v) is 14.1. The van der Waals surface area contributed by atoms with E-state index < -0.39 is 0 Å². The number of hydrogen-bond donors (Lipinski definition) is 0. The first-order valence-electron chi connectivity index (χ1n) is 8.74. The number of likely N-dealkylation sites (tertiary alicyclic amines) is 1. The number of hydrogen-bond acceptors (Lipinski definition) is 2. The fourth-order valence-corrected chi connectivity index (χ4v) is 3.63. The fourth-order valence-electron chi connectivity index (χ4n) is 3.63. The molecule has 0 bridgehead atoms. The molecule has 0 spiro atoms. The summed E-state index contributed by atoms with van der Waals surface area (Å²) >= 11 is 0. The van der Waals surface area contributed by atoms with Gasteiger partial charge in [0.25, 0.3) is 0 Å². The van der Waals surface area contributed by atoms with Crippen molar-refractivity contribution in [3.63, 3.8) is 0 Å². The molecule has 2 heteroatoms. The minimum Gasteiger partial charge on any atom is -0.456 e. The van der Waals surface area contributed by atoms with Gasteiger partial charge in [-0.05, 0) is 62.0 Å². The molecule has 0 atom stereocenters. The molecule has 1 saturated heterocycles. The Labute approximate surface area is 143 Å². The monoisotopic (exact) mass is 317 g/mol. The van der Waals surface area contributed by atoms with E-state index in [1.54, 1.807) is 0 Å². The Kier molecular flexibility index (Phi) is 4.22. The molecule has 1 aliphatic heterocycles. The van der Waals surface area contributed by atoms with Crippen LogP contribution in [0.3, 0.4) is 0 Å². The molecular weight excluding hydrogens is 294 g/mol. The summed E-state index contributed by atoms with van der Waals surface area (Å²) in [7, 11) is 2.20. The first kappa shape index (κ1) is 15.2. The molecule has 0 aliphatic carbocycles. The molecule has 1 aliphatic rings. The van der Waals surface area contributed by atoms with Crippen LogP contribution in [0, 0.1) is 0 Å². The number of ether oxygens (including phenoxy) is 1. The van der Waals surface area contributed by atoms with Crippen LogP contribution in [0.15, 0.2) is 66.7 Å². The van der Waals surface area contributed by atoms with Crippen LogP contribution in [0.1, 0.15) is 24.3 Å². The summed E-state index contributed by atoms with van der Waals surface area (Å²) < 4.78 is 6.39. The van der Waals surface area contributed by atoms with Crippen LogP contribution in [0.5, 0.6) is 11.5 Å². The number of para-hydroxylation sites is 1. The average Bonchev–Trinajstić information content (AvgIpc) is 2.63. The van der Waals surface area contributed by atoms with Crippen molar-refractivity contribution in [1.29, 1.82) is 0 Å². The second-order valence-electron chi connectivity index (χ2n) is 6.69. The predicted octanol–water partition coefficient (Wildman–Crippen LogP) is 5.44. The molecule has 0 amide bonds. The molecule has 122 valence electrons. The minimum absolute atomic E-state index is 0.590. The van der Waals surface area contributed by atoms with Crippen molar-refractivity contribution in [2.45, 2.75) is 18.8 Å². The van der Waals surface area contributed by atoms with E-state index in [1.165, 1.54) is 23.8 Å². The van der Waals surface area contributed by atoms with Crippen LogP contribution >= 0.6 is 0 Å². The SMILES string of the molecule is CN1CCC(c2ccccc2Oc2cccc3ccccc23)CC1. The van der Waals surface area contributed by atoms with Crippen LogP contribution in [0.4, 0.5) is 0 Å². The zero-order chi connectivity index (χ0) is 16.4. The highest BCUT2D eigenvalue weighted by atomic mass is 16.5. The quantitative estimate of drug-likeness (QED) is 0.637. The summed E-state index contributed by atoms with van der Waals surface area (Å²) in [5.74, 6) is 2.53. The summed E-state index contributed by atoms with van der Waals surface area (Å²) in [6.07, 6.45) is 2.40. The van der Waals surface area contributed by atoms with Gasteiger partial charge in [0, 0.05) is 5.39 Å². The van der Waals surface area contributed by atoms with Crippen molar-refractivity contribution in [2.75, 3.05) is 20.1 Å². The Morgan fingerprint density at radius 2 is 1.46 bits per heavy atom. The van der Waals surface area contributed by atoms with Crippen molar-refractivity contribution < 1.29 is 4.74 Å². The highest BCUT2D eigenvalue weighted by molar-refractivity contribution is 5.88. The van der Waals surface area contributed by atoms with Crippen molar-refractivity contribution in [3.8, 4) is 11.5 Å². The molecule has 0 unspecified atom stereocenters. The van der Waals surface area contributed by atoms with Crippen LogP contribution in [0.2, 0.25) is 0 Å². The van der Waals surface area contributed by atoms with Gasteiger partial charge in [0.1, 0.15) is 11.5 Å². The van der Waals surface area contributed by atoms with E-state index in [0.29, 0.717) is 5.92 Å². The van der Waals surface area contributed by atoms with E-state index in [2.05, 4.69) is 78.7 Å². The van der Waals surface area contributed by atoms with Crippen molar-refractivity contribution in [2.24, 2.45) is 0 Å². The van der Waals surface area contributed by atoms with Crippen LogP contribution in [-0.2, 0) is 0 Å². The van der Waals surface area contributed by atoms with Gasteiger partial charge in [-0.25, -0.2) is 0 Å². The van der Waals surface area contributed by atoms with Gasteiger partial charge >= 0.3 is 0 Å². The van der Waals surface area contributed by atoms with E-state index in [-0.39, 0.29) is 0 Å². The molecule has 0 saturated carbocycles. The molecule has 4 rings (SSSR count). The minimum atomic E-state index is 0.590. The van der Waals surface area contributed by atoms with E-state index in [9.17, 15) is 0 Å². The molecule has 24 heavy (non-hydrogen) atoms. The Morgan fingerprint density at radius 1 is 0.792 bits per heavy atom. The first-order chi connectivity index (χ1) is 11.8. The van der Waals surface area contributed by atoms with Gasteiger partial charge in [0.15, 0.2) is 0 Å². The Hall–Kier alpha value is -2.32. The summed E-state index contributed by atoms with van der Waals surface area (Å²) in [5.41, 5.74) is 1.35. The van der Waals surface area contributed by atoms with Gasteiger partial charge < -0.3 is 9.64 Å². The third-order valence-electron chi connectivity index (χ3n) is 5.05. The van der Waals surface area contributed by atoms with Gasteiger partial charge in [-0.15, -0.1) is 0 Å². The number of rotatable bonds is 3. The predicted molar refractivity (Wildman–Crippen MR) is 99.9 cm³/mol. The topological polar surface area (TPSA) is 12.5 Å². The molecule has 0 radical (unpaired) electrons. The van der Waals surface area contributed by atoms with E-state index in [4.69, 9.17) is 4.74 Å². The highest BCUT2D eigenvalue weighted by Gasteiger charge is 2.21. The van der Waals surface area contributed by atoms with E-state index >= 15 is 0 Å². The third-order valence-corrected chi connectivity index (χ3v) is 5.05. The maximum Gasteiger partial charge on any atom is 0.135 e. The lowest BCUT2D eigenvalue weighted by atomic mass is 9.89.